The van der Waals surface area contributed by atoms with Gasteiger partial charge in [-0.05, 0) is 44.0 Å². The largest absolute Gasteiger partial charge is 0.469 e. The monoisotopic (exact) mass is 389 g/mol. The zero-order chi connectivity index (χ0) is 20.0. The van der Waals surface area contributed by atoms with E-state index in [1.807, 2.05) is 17.7 Å². The average Bonchev–Trinajstić information content (AvgIpc) is 3.11. The summed E-state index contributed by atoms with van der Waals surface area (Å²) >= 11 is 1.40. The zero-order valence-corrected chi connectivity index (χ0v) is 17.4. The Morgan fingerprint density at radius 1 is 1.26 bits per heavy atom. The molecule has 1 aromatic carbocycles. The summed E-state index contributed by atoms with van der Waals surface area (Å²) in [6.07, 6.45) is 3.64. The number of methoxy groups -OCH3 is 1. The fourth-order valence-electron chi connectivity index (χ4n) is 2.91. The second-order valence-corrected chi connectivity index (χ2v) is 7.51. The molecule has 1 amide bonds. The number of nitrogens with zero attached hydrogens (tertiary/aromatic N) is 3. The van der Waals surface area contributed by atoms with E-state index in [2.05, 4.69) is 37.0 Å². The molecule has 1 unspecified atom stereocenters. The van der Waals surface area contributed by atoms with E-state index in [9.17, 15) is 9.59 Å². The molecule has 0 bridgehead atoms. The second kappa shape index (κ2) is 9.60. The quantitative estimate of drug-likeness (QED) is 0.512. The summed E-state index contributed by atoms with van der Waals surface area (Å²) in [7, 11) is 1.36. The van der Waals surface area contributed by atoms with Crippen LogP contribution in [0.25, 0.3) is 5.69 Å². The van der Waals surface area contributed by atoms with E-state index in [-0.39, 0.29) is 23.5 Å². The number of imidazole rings is 1. The minimum absolute atomic E-state index is 0.0202. The average molecular weight is 390 g/mol. The summed E-state index contributed by atoms with van der Waals surface area (Å²) in [4.78, 5) is 30.3. The summed E-state index contributed by atoms with van der Waals surface area (Å²) in [5.74, 6) is -0.405. The first-order valence-electron chi connectivity index (χ1n) is 8.96. The van der Waals surface area contributed by atoms with Gasteiger partial charge in [-0.1, -0.05) is 24.8 Å². The highest BCUT2D eigenvalue weighted by molar-refractivity contribution is 7.99. The molecule has 0 N–H and O–H groups in total. The number of rotatable bonds is 8. The number of hydrogen-bond acceptors (Lipinski definition) is 5. The van der Waals surface area contributed by atoms with Crippen molar-refractivity contribution >= 4 is 23.6 Å². The van der Waals surface area contributed by atoms with Crippen LogP contribution in [0.1, 0.15) is 25.0 Å². The molecule has 0 spiro atoms. The van der Waals surface area contributed by atoms with Gasteiger partial charge in [0.2, 0.25) is 5.91 Å². The van der Waals surface area contributed by atoms with Gasteiger partial charge >= 0.3 is 5.97 Å². The Balaban J connectivity index is 2.05. The molecule has 0 saturated carbocycles. The minimum atomic E-state index is -0.346. The molecule has 2 aromatic rings. The number of carbonyl (C=O) groups is 2. The molecule has 7 heteroatoms. The highest BCUT2D eigenvalue weighted by atomic mass is 32.2. The van der Waals surface area contributed by atoms with E-state index in [1.54, 1.807) is 18.0 Å². The number of amides is 1. The number of carbonyl (C=O) groups excluding carboxylic acids is 2. The Kier molecular flexibility index (Phi) is 7.47. The Morgan fingerprint density at radius 3 is 2.52 bits per heavy atom. The van der Waals surface area contributed by atoms with Crippen LogP contribution in [0.5, 0.6) is 0 Å². The van der Waals surface area contributed by atoms with Gasteiger partial charge < -0.3 is 9.64 Å². The van der Waals surface area contributed by atoms with Crippen LogP contribution in [-0.2, 0) is 14.3 Å². The van der Waals surface area contributed by atoms with Gasteiger partial charge in [-0.3, -0.25) is 14.2 Å². The van der Waals surface area contributed by atoms with Crippen molar-refractivity contribution in [3.8, 4) is 5.69 Å². The lowest BCUT2D eigenvalue weighted by Crippen LogP contribution is -2.38. The fourth-order valence-corrected chi connectivity index (χ4v) is 3.79. The first kappa shape index (κ1) is 21.0. The van der Waals surface area contributed by atoms with Gasteiger partial charge in [0.1, 0.15) is 0 Å². The van der Waals surface area contributed by atoms with Crippen LogP contribution >= 0.6 is 11.8 Å². The third kappa shape index (κ3) is 5.60. The van der Waals surface area contributed by atoms with Crippen LogP contribution in [0.2, 0.25) is 0 Å². The van der Waals surface area contributed by atoms with E-state index in [0.717, 1.165) is 10.8 Å². The van der Waals surface area contributed by atoms with Gasteiger partial charge in [0.05, 0.1) is 18.8 Å². The Labute approximate surface area is 164 Å². The topological polar surface area (TPSA) is 64.4 Å². The van der Waals surface area contributed by atoms with E-state index in [1.165, 1.54) is 30.0 Å². The third-order valence-corrected chi connectivity index (χ3v) is 5.20. The number of hydrogen-bond donors (Lipinski definition) is 0. The maximum absolute atomic E-state index is 12.6. The van der Waals surface area contributed by atoms with E-state index in [0.29, 0.717) is 13.1 Å². The molecule has 0 aliphatic rings. The van der Waals surface area contributed by atoms with Gasteiger partial charge in [0.15, 0.2) is 5.16 Å². The molecule has 0 radical (unpaired) electrons. The van der Waals surface area contributed by atoms with Crippen molar-refractivity contribution in [1.29, 1.82) is 0 Å². The van der Waals surface area contributed by atoms with Crippen LogP contribution in [-0.4, -0.2) is 52.3 Å². The lowest BCUT2D eigenvalue weighted by atomic mass is 10.1. The first-order valence-corrected chi connectivity index (χ1v) is 9.94. The molecule has 1 aromatic heterocycles. The summed E-state index contributed by atoms with van der Waals surface area (Å²) in [5.41, 5.74) is 3.39. The lowest BCUT2D eigenvalue weighted by molar-refractivity contribution is -0.146. The maximum Gasteiger partial charge on any atom is 0.310 e. The normalized spacial score (nSPS) is 11.9. The SMILES string of the molecule is CCN(CC(C)C(=O)OC)C(=O)CSc1nccn1-c1cc(C)cc(C)c1. The van der Waals surface area contributed by atoms with Crippen LogP contribution in [0.3, 0.4) is 0 Å². The molecular weight excluding hydrogens is 362 g/mol. The lowest BCUT2D eigenvalue weighted by Gasteiger charge is -2.23. The number of thioether (sulfide) groups is 1. The summed E-state index contributed by atoms with van der Waals surface area (Å²) in [6, 6.07) is 6.31. The molecule has 1 atom stereocenters. The Hall–Kier alpha value is -2.28. The van der Waals surface area contributed by atoms with Gasteiger partial charge in [-0.15, -0.1) is 0 Å². The molecule has 0 saturated heterocycles. The van der Waals surface area contributed by atoms with Crippen LogP contribution < -0.4 is 0 Å². The zero-order valence-electron chi connectivity index (χ0n) is 16.6. The predicted molar refractivity (Wildman–Crippen MR) is 107 cm³/mol. The Morgan fingerprint density at radius 2 is 1.93 bits per heavy atom. The molecule has 27 heavy (non-hydrogen) atoms. The van der Waals surface area contributed by atoms with Gasteiger partial charge in [0.25, 0.3) is 0 Å². The van der Waals surface area contributed by atoms with E-state index in [4.69, 9.17) is 4.74 Å². The smallest absolute Gasteiger partial charge is 0.310 e. The third-order valence-electron chi connectivity index (χ3n) is 4.25. The highest BCUT2D eigenvalue weighted by Gasteiger charge is 2.21. The highest BCUT2D eigenvalue weighted by Crippen LogP contribution is 2.22. The Bertz CT molecular complexity index is 783. The molecule has 0 aliphatic heterocycles. The molecule has 146 valence electrons. The van der Waals surface area contributed by atoms with Gasteiger partial charge in [-0.25, -0.2) is 4.98 Å². The van der Waals surface area contributed by atoms with Crippen LogP contribution in [0, 0.1) is 19.8 Å². The van der Waals surface area contributed by atoms with E-state index >= 15 is 0 Å². The molecule has 0 fully saturated rings. The standard InChI is InChI=1S/C20H27N3O3S/c1-6-22(12-16(4)19(25)26-5)18(24)13-27-20-21-7-8-23(20)17-10-14(2)9-15(3)11-17/h7-11,16H,6,12-13H2,1-5H3. The van der Waals surface area contributed by atoms with Crippen molar-refractivity contribution < 1.29 is 14.3 Å². The molecule has 1 heterocycles. The summed E-state index contributed by atoms with van der Waals surface area (Å²) in [5, 5.41) is 0.769. The number of benzene rings is 1. The number of esters is 1. The van der Waals surface area contributed by atoms with Crippen molar-refractivity contribution in [2.75, 3.05) is 26.0 Å². The predicted octanol–water partition coefficient (Wildman–Crippen LogP) is 3.24. The van der Waals surface area contributed by atoms with Crippen molar-refractivity contribution in [3.63, 3.8) is 0 Å². The van der Waals surface area contributed by atoms with Crippen molar-refractivity contribution in [3.05, 3.63) is 41.7 Å². The van der Waals surface area contributed by atoms with Crippen LogP contribution in [0.15, 0.2) is 35.7 Å². The van der Waals surface area contributed by atoms with Crippen LogP contribution in [0.4, 0.5) is 0 Å². The molecule has 2 rings (SSSR count). The first-order chi connectivity index (χ1) is 12.8. The number of aromatic nitrogens is 2. The van der Waals surface area contributed by atoms with Gasteiger partial charge in [0, 0.05) is 31.2 Å². The maximum atomic E-state index is 12.6. The fraction of sp³-hybridized carbons (Fsp3) is 0.450. The second-order valence-electron chi connectivity index (χ2n) is 6.57. The number of aryl methyl sites for hydroxylation is 2. The van der Waals surface area contributed by atoms with Gasteiger partial charge in [-0.2, -0.15) is 0 Å². The van der Waals surface area contributed by atoms with Crippen molar-refractivity contribution in [1.82, 2.24) is 14.5 Å². The van der Waals surface area contributed by atoms with Crippen molar-refractivity contribution in [2.24, 2.45) is 5.92 Å². The summed E-state index contributed by atoms with van der Waals surface area (Å²) < 4.78 is 6.74. The van der Waals surface area contributed by atoms with E-state index < -0.39 is 0 Å². The minimum Gasteiger partial charge on any atom is -0.469 e. The molecule has 6 nitrogen and oxygen atoms in total. The van der Waals surface area contributed by atoms with Crippen molar-refractivity contribution in [2.45, 2.75) is 32.9 Å². The molecular formula is C20H27N3O3S. The molecule has 0 aliphatic carbocycles. The summed E-state index contributed by atoms with van der Waals surface area (Å²) in [6.45, 7) is 8.70. The number of ether oxygens (including phenoxy) is 1.